The summed E-state index contributed by atoms with van der Waals surface area (Å²) in [6, 6.07) is 24.6. The first-order chi connectivity index (χ1) is 33.5. The average molecular weight is 964 g/mol. The van der Waals surface area contributed by atoms with Crippen molar-refractivity contribution in [3.05, 3.63) is 78.6 Å². The fraction of sp³-hybridized carbons (Fsp3) is 0.608. The lowest BCUT2D eigenvalue weighted by atomic mass is 9.86. The first kappa shape index (κ1) is 56.5. The first-order valence-corrected chi connectivity index (χ1v) is 24.3. The van der Waals surface area contributed by atoms with E-state index in [0.29, 0.717) is 137 Å². The quantitative estimate of drug-likeness (QED) is 0.0442. The molecule has 0 fully saturated rings. The zero-order valence-corrected chi connectivity index (χ0v) is 41.6. The Morgan fingerprint density at radius 1 is 0.565 bits per heavy atom. The SMILES string of the molecule is CC(C)(C)OC(=O)NCCOCCOCCOCCOCCOCCOCCOCCNC(=O)CCCCn1nnc(C(C)(C)CCCCOc2cc(-c3ccccc3)cc(-c3ccccc3)n2)n1. The zero-order chi connectivity index (χ0) is 49.3. The number of aryl methyl sites for hydroxylation is 1. The lowest BCUT2D eigenvalue weighted by Crippen LogP contribution is -2.34. The van der Waals surface area contributed by atoms with Crippen LogP contribution in [0.2, 0.25) is 0 Å². The molecule has 0 aliphatic rings. The maximum absolute atomic E-state index is 12.3. The summed E-state index contributed by atoms with van der Waals surface area (Å²) in [5.74, 6) is 1.32. The van der Waals surface area contributed by atoms with E-state index in [2.05, 4.69) is 70.2 Å². The number of hydrogen-bond acceptors (Lipinski definition) is 15. The van der Waals surface area contributed by atoms with Gasteiger partial charge in [-0.2, -0.15) is 4.80 Å². The number of tetrazole rings is 1. The van der Waals surface area contributed by atoms with Crippen LogP contribution >= 0.6 is 0 Å². The van der Waals surface area contributed by atoms with Gasteiger partial charge in [0.05, 0.1) is 111 Å². The molecule has 0 spiro atoms. The summed E-state index contributed by atoms with van der Waals surface area (Å²) in [4.78, 5) is 30.3. The van der Waals surface area contributed by atoms with Crippen LogP contribution in [0.25, 0.3) is 22.4 Å². The Kier molecular flexibility index (Phi) is 27.4. The molecule has 0 saturated heterocycles. The van der Waals surface area contributed by atoms with Crippen LogP contribution in [-0.2, 0) is 54.6 Å². The zero-order valence-electron chi connectivity index (χ0n) is 41.6. The Morgan fingerprint density at radius 3 is 1.64 bits per heavy atom. The molecule has 2 aromatic heterocycles. The molecule has 4 rings (SSSR count). The maximum atomic E-state index is 12.3. The second kappa shape index (κ2) is 33.5. The predicted octanol–water partition coefficient (Wildman–Crippen LogP) is 6.86. The standard InChI is InChI=1S/C51H77N7O11/c1-50(2,3)69-49(60)53-23-27-62-29-31-64-33-35-66-37-39-67-38-36-65-34-32-63-30-28-61-26-22-52-46(59)20-12-14-24-58-56-48(55-57-58)51(4,5)21-13-15-25-68-47-41-44(42-16-8-6-9-17-42)40-45(54-47)43-18-10-7-11-19-43/h6-11,16-19,40-41H,12-15,20-39H2,1-5H3,(H,52,59)(H,53,60). The summed E-state index contributed by atoms with van der Waals surface area (Å²) in [7, 11) is 0. The van der Waals surface area contributed by atoms with E-state index in [1.807, 2.05) is 63.2 Å². The molecule has 0 radical (unpaired) electrons. The van der Waals surface area contributed by atoms with Crippen LogP contribution in [0.15, 0.2) is 72.8 Å². The summed E-state index contributed by atoms with van der Waals surface area (Å²) in [5, 5.41) is 18.8. The normalized spacial score (nSPS) is 11.7. The van der Waals surface area contributed by atoms with E-state index in [4.69, 9.17) is 47.6 Å². The molecule has 0 aliphatic carbocycles. The summed E-state index contributed by atoms with van der Waals surface area (Å²) in [5.41, 5.74) is 3.35. The van der Waals surface area contributed by atoms with E-state index in [-0.39, 0.29) is 11.3 Å². The van der Waals surface area contributed by atoms with Crippen LogP contribution in [-0.4, -0.2) is 155 Å². The molecule has 0 bridgehead atoms. The number of pyridine rings is 1. The van der Waals surface area contributed by atoms with Crippen LogP contribution in [0, 0.1) is 0 Å². The van der Waals surface area contributed by atoms with Gasteiger partial charge < -0.3 is 53.3 Å². The molecule has 0 saturated carbocycles. The lowest BCUT2D eigenvalue weighted by molar-refractivity contribution is -0.121. The predicted molar refractivity (Wildman–Crippen MR) is 262 cm³/mol. The summed E-state index contributed by atoms with van der Waals surface area (Å²) < 4.78 is 49.8. The van der Waals surface area contributed by atoms with E-state index in [9.17, 15) is 9.59 Å². The number of carbonyl (C=O) groups excluding carboxylic acids is 2. The number of unbranched alkanes of at least 4 members (excludes halogenated alkanes) is 2. The van der Waals surface area contributed by atoms with Crippen molar-refractivity contribution in [2.75, 3.05) is 112 Å². The maximum Gasteiger partial charge on any atom is 0.407 e. The van der Waals surface area contributed by atoms with E-state index < -0.39 is 11.7 Å². The third-order valence-electron chi connectivity index (χ3n) is 10.2. The topological polar surface area (TPSA) is 198 Å². The lowest BCUT2D eigenvalue weighted by Gasteiger charge is -2.20. The van der Waals surface area contributed by atoms with Gasteiger partial charge in [0, 0.05) is 36.6 Å². The van der Waals surface area contributed by atoms with Crippen molar-refractivity contribution in [3.63, 3.8) is 0 Å². The molecular weight excluding hydrogens is 887 g/mol. The van der Waals surface area contributed by atoms with Crippen molar-refractivity contribution >= 4 is 12.0 Å². The summed E-state index contributed by atoms with van der Waals surface area (Å²) in [6.07, 6.45) is 4.13. The van der Waals surface area contributed by atoms with Crippen molar-refractivity contribution in [1.82, 2.24) is 35.8 Å². The Morgan fingerprint density at radius 2 is 1.09 bits per heavy atom. The third-order valence-corrected chi connectivity index (χ3v) is 10.2. The Balaban J connectivity index is 0.895. The van der Waals surface area contributed by atoms with E-state index in [1.54, 1.807) is 4.80 Å². The van der Waals surface area contributed by atoms with Crippen molar-refractivity contribution in [2.24, 2.45) is 0 Å². The van der Waals surface area contributed by atoms with Crippen molar-refractivity contribution in [3.8, 4) is 28.3 Å². The molecular formula is C51H77N7O11. The minimum atomic E-state index is -0.522. The van der Waals surface area contributed by atoms with Crippen LogP contribution in [0.1, 0.15) is 79.0 Å². The molecule has 382 valence electrons. The number of nitrogens with zero attached hydrogens (tertiary/aromatic N) is 5. The van der Waals surface area contributed by atoms with Crippen molar-refractivity contribution < 1.29 is 52.2 Å². The number of benzene rings is 2. The smallest absolute Gasteiger partial charge is 0.407 e. The minimum Gasteiger partial charge on any atom is -0.478 e. The molecule has 4 aromatic rings. The molecule has 0 atom stereocenters. The molecule has 2 N–H and O–H groups in total. The van der Waals surface area contributed by atoms with Crippen molar-refractivity contribution in [2.45, 2.75) is 90.7 Å². The monoisotopic (exact) mass is 964 g/mol. The summed E-state index contributed by atoms with van der Waals surface area (Å²) in [6.45, 7) is 17.9. The molecule has 18 heteroatoms. The molecule has 2 heterocycles. The van der Waals surface area contributed by atoms with Gasteiger partial charge in [-0.3, -0.25) is 4.79 Å². The van der Waals surface area contributed by atoms with Gasteiger partial charge in [-0.1, -0.05) is 74.5 Å². The van der Waals surface area contributed by atoms with Gasteiger partial charge in [0.25, 0.3) is 0 Å². The second-order valence-electron chi connectivity index (χ2n) is 17.7. The highest BCUT2D eigenvalue weighted by Gasteiger charge is 2.26. The fourth-order valence-corrected chi connectivity index (χ4v) is 6.55. The van der Waals surface area contributed by atoms with Crippen LogP contribution < -0.4 is 15.4 Å². The molecule has 2 amide bonds. The van der Waals surface area contributed by atoms with Gasteiger partial charge in [-0.15, -0.1) is 10.2 Å². The number of alkyl carbamates (subject to hydrolysis) is 1. The van der Waals surface area contributed by atoms with Crippen LogP contribution in [0.3, 0.4) is 0 Å². The number of carbonyl (C=O) groups is 2. The first-order valence-electron chi connectivity index (χ1n) is 24.3. The highest BCUT2D eigenvalue weighted by Crippen LogP contribution is 2.29. The number of rotatable bonds is 38. The molecule has 69 heavy (non-hydrogen) atoms. The van der Waals surface area contributed by atoms with Crippen LogP contribution in [0.4, 0.5) is 4.79 Å². The molecule has 0 aliphatic heterocycles. The van der Waals surface area contributed by atoms with Gasteiger partial charge in [0.15, 0.2) is 5.82 Å². The third kappa shape index (κ3) is 25.9. The van der Waals surface area contributed by atoms with Crippen LogP contribution in [0.5, 0.6) is 5.88 Å². The highest BCUT2D eigenvalue weighted by molar-refractivity contribution is 5.75. The van der Waals surface area contributed by atoms with E-state index >= 15 is 0 Å². The number of nitrogens with one attached hydrogen (secondary N) is 2. The number of ether oxygens (including phenoxy) is 9. The average Bonchev–Trinajstić information content (AvgIpc) is 3.83. The molecule has 0 unspecified atom stereocenters. The molecule has 18 nitrogen and oxygen atoms in total. The van der Waals surface area contributed by atoms with E-state index in [1.165, 1.54) is 0 Å². The second-order valence-corrected chi connectivity index (χ2v) is 17.7. The Hall–Kier alpha value is -5.08. The van der Waals surface area contributed by atoms with Gasteiger partial charge in [0.1, 0.15) is 5.60 Å². The Bertz CT molecular complexity index is 1910. The van der Waals surface area contributed by atoms with Gasteiger partial charge in [-0.05, 0) is 75.3 Å². The van der Waals surface area contributed by atoms with Gasteiger partial charge in [0.2, 0.25) is 11.8 Å². The highest BCUT2D eigenvalue weighted by atomic mass is 16.6. The van der Waals surface area contributed by atoms with E-state index in [0.717, 1.165) is 54.5 Å². The van der Waals surface area contributed by atoms with Gasteiger partial charge >= 0.3 is 6.09 Å². The Labute approximate surface area is 408 Å². The number of aromatic nitrogens is 5. The van der Waals surface area contributed by atoms with Crippen molar-refractivity contribution in [1.29, 1.82) is 0 Å². The van der Waals surface area contributed by atoms with Gasteiger partial charge in [-0.25, -0.2) is 9.78 Å². The minimum absolute atomic E-state index is 0.00940. The number of amides is 2. The largest absolute Gasteiger partial charge is 0.478 e. The summed E-state index contributed by atoms with van der Waals surface area (Å²) >= 11 is 0. The fourth-order valence-electron chi connectivity index (χ4n) is 6.55. The molecule has 2 aromatic carbocycles. The number of hydrogen-bond donors (Lipinski definition) is 2.